The van der Waals surface area contributed by atoms with Crippen molar-refractivity contribution >= 4 is 0 Å². The van der Waals surface area contributed by atoms with Crippen LogP contribution >= 0.6 is 0 Å². The third-order valence-electron chi connectivity index (χ3n) is 3.94. The van der Waals surface area contributed by atoms with Crippen LogP contribution in [0.2, 0.25) is 0 Å². The van der Waals surface area contributed by atoms with Crippen molar-refractivity contribution in [1.82, 2.24) is 4.90 Å². The smallest absolute Gasteiger partial charge is 0.130 e. The minimum absolute atomic E-state index is 0.00988. The van der Waals surface area contributed by atoms with E-state index in [-0.39, 0.29) is 6.04 Å². The fraction of sp³-hybridized carbons (Fsp3) is 0.571. The summed E-state index contributed by atoms with van der Waals surface area (Å²) in [6.07, 6.45) is 2.12. The Morgan fingerprint density at radius 2 is 2.00 bits per heavy atom. The Balaban J connectivity index is 2.05. The second-order valence-corrected chi connectivity index (χ2v) is 5.06. The highest BCUT2D eigenvalue weighted by Crippen LogP contribution is 2.27. The van der Waals surface area contributed by atoms with Crippen molar-refractivity contribution in [1.29, 1.82) is 0 Å². The summed E-state index contributed by atoms with van der Waals surface area (Å²) in [7, 11) is 0. The van der Waals surface area contributed by atoms with E-state index in [1.165, 1.54) is 6.07 Å². The van der Waals surface area contributed by atoms with E-state index in [1.54, 1.807) is 6.07 Å². The molecule has 1 aliphatic heterocycles. The highest BCUT2D eigenvalue weighted by atomic mass is 19.1. The molecule has 2 N–H and O–H groups in total. The van der Waals surface area contributed by atoms with Crippen molar-refractivity contribution in [2.45, 2.75) is 25.8 Å². The van der Waals surface area contributed by atoms with Crippen molar-refractivity contribution < 1.29 is 8.78 Å². The third kappa shape index (κ3) is 2.87. The van der Waals surface area contributed by atoms with E-state index in [9.17, 15) is 8.78 Å². The Kier molecular flexibility index (Phi) is 4.30. The molecule has 18 heavy (non-hydrogen) atoms. The van der Waals surface area contributed by atoms with E-state index in [0.29, 0.717) is 11.5 Å². The van der Waals surface area contributed by atoms with Crippen LogP contribution in [0.5, 0.6) is 0 Å². The molecule has 0 aromatic heterocycles. The molecule has 1 aliphatic rings. The second kappa shape index (κ2) is 5.76. The zero-order valence-electron chi connectivity index (χ0n) is 10.7. The summed E-state index contributed by atoms with van der Waals surface area (Å²) in [6.45, 7) is 4.56. The van der Waals surface area contributed by atoms with Gasteiger partial charge in [0.25, 0.3) is 0 Å². The van der Waals surface area contributed by atoms with Gasteiger partial charge >= 0.3 is 0 Å². The maximum absolute atomic E-state index is 13.7. The second-order valence-electron chi connectivity index (χ2n) is 5.06. The molecule has 0 aliphatic carbocycles. The first-order chi connectivity index (χ1) is 8.61. The van der Waals surface area contributed by atoms with Crippen molar-refractivity contribution in [3.05, 3.63) is 35.4 Å². The van der Waals surface area contributed by atoms with E-state index in [1.807, 2.05) is 6.92 Å². The molecule has 1 fully saturated rings. The van der Waals surface area contributed by atoms with Crippen molar-refractivity contribution in [2.75, 3.05) is 19.6 Å². The van der Waals surface area contributed by atoms with Gasteiger partial charge in [0.15, 0.2) is 0 Å². The van der Waals surface area contributed by atoms with Crippen molar-refractivity contribution in [3.8, 4) is 0 Å². The zero-order valence-corrected chi connectivity index (χ0v) is 10.7. The molecule has 0 spiro atoms. The topological polar surface area (TPSA) is 29.3 Å². The Morgan fingerprint density at radius 1 is 1.33 bits per heavy atom. The quantitative estimate of drug-likeness (QED) is 0.898. The van der Waals surface area contributed by atoms with Crippen LogP contribution in [0.4, 0.5) is 8.78 Å². The summed E-state index contributed by atoms with van der Waals surface area (Å²) in [6, 6.07) is 3.81. The van der Waals surface area contributed by atoms with Crippen LogP contribution in [-0.4, -0.2) is 24.5 Å². The molecule has 1 atom stereocenters. The van der Waals surface area contributed by atoms with Gasteiger partial charge in [0.05, 0.1) is 0 Å². The number of hydrogen-bond donors (Lipinski definition) is 1. The van der Waals surface area contributed by atoms with Crippen LogP contribution in [0.15, 0.2) is 18.2 Å². The number of benzene rings is 1. The first kappa shape index (κ1) is 13.4. The molecule has 0 saturated carbocycles. The first-order valence-electron chi connectivity index (χ1n) is 6.51. The van der Waals surface area contributed by atoms with E-state index in [0.717, 1.165) is 38.5 Å². The number of rotatable bonds is 3. The van der Waals surface area contributed by atoms with Crippen molar-refractivity contribution in [2.24, 2.45) is 11.7 Å². The summed E-state index contributed by atoms with van der Waals surface area (Å²) in [4.78, 5) is 2.24. The molecule has 0 radical (unpaired) electrons. The number of nitrogens with zero attached hydrogens (tertiary/aromatic N) is 1. The predicted octanol–water partition coefficient (Wildman–Crippen LogP) is 2.70. The number of nitrogens with two attached hydrogens (primary N) is 1. The minimum atomic E-state index is -0.523. The highest BCUT2D eigenvalue weighted by Gasteiger charge is 2.24. The van der Waals surface area contributed by atoms with E-state index >= 15 is 0 Å². The SMILES string of the molecule is CC(c1ccc(F)cc1F)N1CCC(CN)CC1. The van der Waals surface area contributed by atoms with Gasteiger partial charge in [-0.05, 0) is 51.4 Å². The maximum atomic E-state index is 13.7. The Labute approximate surface area is 107 Å². The molecule has 1 aromatic rings. The van der Waals surface area contributed by atoms with E-state index in [2.05, 4.69) is 4.90 Å². The van der Waals surface area contributed by atoms with Gasteiger partial charge in [0.2, 0.25) is 0 Å². The lowest BCUT2D eigenvalue weighted by molar-refractivity contribution is 0.141. The van der Waals surface area contributed by atoms with Gasteiger partial charge < -0.3 is 5.73 Å². The van der Waals surface area contributed by atoms with Crippen LogP contribution in [0.3, 0.4) is 0 Å². The van der Waals surface area contributed by atoms with Gasteiger partial charge in [0.1, 0.15) is 11.6 Å². The van der Waals surface area contributed by atoms with Crippen LogP contribution in [-0.2, 0) is 0 Å². The molecule has 4 heteroatoms. The first-order valence-corrected chi connectivity index (χ1v) is 6.51. The number of hydrogen-bond acceptors (Lipinski definition) is 2. The molecule has 1 unspecified atom stereocenters. The number of likely N-dealkylation sites (tertiary alicyclic amines) is 1. The van der Waals surface area contributed by atoms with E-state index < -0.39 is 11.6 Å². The third-order valence-corrected chi connectivity index (χ3v) is 3.94. The lowest BCUT2D eigenvalue weighted by Crippen LogP contribution is -2.37. The summed E-state index contributed by atoms with van der Waals surface area (Å²) < 4.78 is 26.6. The molecular weight excluding hydrogens is 234 g/mol. The summed E-state index contributed by atoms with van der Waals surface area (Å²) in [5.41, 5.74) is 6.23. The number of halogens is 2. The monoisotopic (exact) mass is 254 g/mol. The largest absolute Gasteiger partial charge is 0.330 e. The van der Waals surface area contributed by atoms with E-state index in [4.69, 9.17) is 5.73 Å². The number of piperidine rings is 1. The Morgan fingerprint density at radius 3 is 2.56 bits per heavy atom. The van der Waals surface area contributed by atoms with Gasteiger partial charge in [-0.25, -0.2) is 8.78 Å². The van der Waals surface area contributed by atoms with Crippen LogP contribution < -0.4 is 5.73 Å². The average Bonchev–Trinajstić information content (AvgIpc) is 2.38. The van der Waals surface area contributed by atoms with Gasteiger partial charge in [-0.3, -0.25) is 4.90 Å². The molecule has 0 amide bonds. The molecule has 1 heterocycles. The summed E-state index contributed by atoms with van der Waals surface area (Å²) in [5, 5.41) is 0. The van der Waals surface area contributed by atoms with Gasteiger partial charge in [-0.1, -0.05) is 6.07 Å². The Bertz CT molecular complexity index is 401. The van der Waals surface area contributed by atoms with Crippen molar-refractivity contribution in [3.63, 3.8) is 0 Å². The zero-order chi connectivity index (χ0) is 13.1. The molecule has 1 saturated heterocycles. The normalized spacial score (nSPS) is 20.0. The molecular formula is C14H20F2N2. The predicted molar refractivity (Wildman–Crippen MR) is 68.1 cm³/mol. The van der Waals surface area contributed by atoms with Gasteiger partial charge in [-0.15, -0.1) is 0 Å². The molecule has 2 rings (SSSR count). The highest BCUT2D eigenvalue weighted by molar-refractivity contribution is 5.21. The maximum Gasteiger partial charge on any atom is 0.130 e. The fourth-order valence-electron chi connectivity index (χ4n) is 2.61. The fourth-order valence-corrected chi connectivity index (χ4v) is 2.61. The standard InChI is InChI=1S/C14H20F2N2/c1-10(13-3-2-12(15)8-14(13)16)18-6-4-11(9-17)5-7-18/h2-3,8,10-11H,4-7,9,17H2,1H3. The molecule has 2 nitrogen and oxygen atoms in total. The minimum Gasteiger partial charge on any atom is -0.330 e. The molecule has 100 valence electrons. The van der Waals surface area contributed by atoms with Crippen LogP contribution in [0.25, 0.3) is 0 Å². The Hall–Kier alpha value is -1.00. The summed E-state index contributed by atoms with van der Waals surface area (Å²) >= 11 is 0. The summed E-state index contributed by atoms with van der Waals surface area (Å²) in [5.74, 6) is -0.389. The molecule has 1 aromatic carbocycles. The molecule has 0 bridgehead atoms. The van der Waals surface area contributed by atoms with Crippen LogP contribution in [0.1, 0.15) is 31.4 Å². The van der Waals surface area contributed by atoms with Crippen LogP contribution in [0, 0.1) is 17.6 Å². The average molecular weight is 254 g/mol. The van der Waals surface area contributed by atoms with Gasteiger partial charge in [0, 0.05) is 17.7 Å². The lowest BCUT2D eigenvalue weighted by atomic mass is 9.94. The van der Waals surface area contributed by atoms with Gasteiger partial charge in [-0.2, -0.15) is 0 Å². The lowest BCUT2D eigenvalue weighted by Gasteiger charge is -2.36.